The molecule has 0 spiro atoms. The van der Waals surface area contributed by atoms with E-state index >= 15 is 0 Å². The van der Waals surface area contributed by atoms with Crippen molar-refractivity contribution in [2.24, 2.45) is 5.73 Å². The second-order valence-corrected chi connectivity index (χ2v) is 3.97. The zero-order valence-electron chi connectivity index (χ0n) is 9.00. The molecule has 1 aliphatic heterocycles. The van der Waals surface area contributed by atoms with Gasteiger partial charge in [0.05, 0.1) is 5.54 Å². The number of nitrogens with one attached hydrogen (secondary N) is 2. The third-order valence-corrected chi connectivity index (χ3v) is 2.33. The first kappa shape index (κ1) is 11.9. The van der Waals surface area contributed by atoms with E-state index in [4.69, 9.17) is 5.73 Å². The van der Waals surface area contributed by atoms with Crippen LogP contribution < -0.4 is 16.5 Å². The van der Waals surface area contributed by atoms with E-state index in [0.717, 1.165) is 6.42 Å². The Morgan fingerprint density at radius 2 is 2.47 bits per heavy atom. The Hall–Kier alpha value is -1.14. The minimum Gasteiger partial charge on any atom is -0.341 e. The molecule has 0 aromatic rings. The van der Waals surface area contributed by atoms with Gasteiger partial charge in [-0.25, -0.2) is 5.48 Å². The average molecular weight is 215 g/mol. The predicted molar refractivity (Wildman–Crippen MR) is 53.5 cm³/mol. The summed E-state index contributed by atoms with van der Waals surface area (Å²) in [6, 6.07) is -0.628. The largest absolute Gasteiger partial charge is 0.341 e. The molecular weight excluding hydrogens is 198 g/mol. The van der Waals surface area contributed by atoms with Gasteiger partial charge >= 0.3 is 0 Å². The lowest BCUT2D eigenvalue weighted by Crippen LogP contribution is -2.55. The summed E-state index contributed by atoms with van der Waals surface area (Å²) in [6.45, 7) is 3.75. The van der Waals surface area contributed by atoms with Crippen LogP contribution in [0.2, 0.25) is 0 Å². The van der Waals surface area contributed by atoms with Crippen LogP contribution in [0.25, 0.3) is 0 Å². The first-order valence-electron chi connectivity index (χ1n) is 4.99. The Kier molecular flexibility index (Phi) is 3.65. The highest BCUT2D eigenvalue weighted by atomic mass is 16.7. The number of rotatable bonds is 4. The Morgan fingerprint density at radius 1 is 1.80 bits per heavy atom. The lowest BCUT2D eigenvalue weighted by Gasteiger charge is -2.23. The molecule has 0 aliphatic carbocycles. The molecule has 1 unspecified atom stereocenters. The maximum atomic E-state index is 11.7. The molecule has 1 heterocycles. The molecule has 6 nitrogen and oxygen atoms in total. The van der Waals surface area contributed by atoms with E-state index in [2.05, 4.69) is 15.6 Å². The molecule has 0 aromatic carbocycles. The van der Waals surface area contributed by atoms with Gasteiger partial charge in [0, 0.05) is 0 Å². The maximum Gasteiger partial charge on any atom is 0.268 e. The van der Waals surface area contributed by atoms with Crippen LogP contribution >= 0.6 is 0 Å². The van der Waals surface area contributed by atoms with Crippen LogP contribution in [0.1, 0.15) is 26.7 Å². The fourth-order valence-electron chi connectivity index (χ4n) is 1.41. The molecule has 86 valence electrons. The first-order chi connectivity index (χ1) is 6.97. The monoisotopic (exact) mass is 215 g/mol. The van der Waals surface area contributed by atoms with E-state index in [-0.39, 0.29) is 18.4 Å². The van der Waals surface area contributed by atoms with Crippen molar-refractivity contribution in [3.8, 4) is 0 Å². The van der Waals surface area contributed by atoms with Gasteiger partial charge in [-0.1, -0.05) is 13.3 Å². The van der Waals surface area contributed by atoms with Gasteiger partial charge in [0.1, 0.15) is 12.6 Å². The van der Waals surface area contributed by atoms with Gasteiger partial charge in [0.15, 0.2) is 0 Å². The number of nitrogens with two attached hydrogens (primary N) is 1. The van der Waals surface area contributed by atoms with Crippen LogP contribution in [0, 0.1) is 0 Å². The summed E-state index contributed by atoms with van der Waals surface area (Å²) < 4.78 is 0. The molecular formula is C9H17N3O3. The quantitative estimate of drug-likeness (QED) is 0.563. The topological polar surface area (TPSA) is 93.5 Å². The molecule has 2 amide bonds. The molecule has 1 saturated heterocycles. The first-order valence-corrected chi connectivity index (χ1v) is 4.99. The minimum absolute atomic E-state index is 0.146. The molecule has 2 atom stereocenters. The van der Waals surface area contributed by atoms with E-state index < -0.39 is 11.6 Å². The van der Waals surface area contributed by atoms with E-state index in [0.29, 0.717) is 6.42 Å². The van der Waals surface area contributed by atoms with Gasteiger partial charge in [-0.2, -0.15) is 0 Å². The Balaban J connectivity index is 2.50. The Bertz CT molecular complexity index is 265. The predicted octanol–water partition coefficient (Wildman–Crippen LogP) is -0.950. The van der Waals surface area contributed by atoms with E-state index in [9.17, 15) is 9.59 Å². The minimum atomic E-state index is -0.933. The van der Waals surface area contributed by atoms with Gasteiger partial charge < -0.3 is 11.1 Å². The summed E-state index contributed by atoms with van der Waals surface area (Å²) in [5.74, 6) is -0.661. The van der Waals surface area contributed by atoms with Crippen molar-refractivity contribution >= 4 is 11.8 Å². The zero-order valence-corrected chi connectivity index (χ0v) is 9.00. The maximum absolute atomic E-state index is 11.7. The lowest BCUT2D eigenvalue weighted by atomic mass is 9.96. The zero-order chi connectivity index (χ0) is 11.5. The van der Waals surface area contributed by atoms with Crippen LogP contribution in [0.4, 0.5) is 0 Å². The number of hydrogen-bond donors (Lipinski definition) is 3. The number of hydroxylamine groups is 1. The molecule has 0 saturated carbocycles. The summed E-state index contributed by atoms with van der Waals surface area (Å²) in [7, 11) is 0. The van der Waals surface area contributed by atoms with Crippen molar-refractivity contribution in [3.05, 3.63) is 0 Å². The molecule has 1 fully saturated rings. The van der Waals surface area contributed by atoms with Gasteiger partial charge in [0.2, 0.25) is 5.91 Å². The molecule has 0 radical (unpaired) electrons. The number of carbonyl (C=O) groups is 2. The normalized spacial score (nSPS) is 24.5. The molecule has 4 N–H and O–H groups in total. The average Bonchev–Trinajstić information content (AvgIpc) is 2.52. The molecule has 1 aliphatic rings. The van der Waals surface area contributed by atoms with Crippen LogP contribution in [0.5, 0.6) is 0 Å². The van der Waals surface area contributed by atoms with Crippen LogP contribution in [-0.2, 0) is 14.4 Å². The van der Waals surface area contributed by atoms with Crippen molar-refractivity contribution in [1.82, 2.24) is 10.8 Å². The summed E-state index contributed by atoms with van der Waals surface area (Å²) in [5.41, 5.74) is 7.04. The number of carbonyl (C=O) groups excluding carboxylic acids is 2. The lowest BCUT2D eigenvalue weighted by molar-refractivity contribution is -0.131. The van der Waals surface area contributed by atoms with Crippen LogP contribution in [-0.4, -0.2) is 30.0 Å². The number of amides is 2. The van der Waals surface area contributed by atoms with Crippen molar-refractivity contribution in [3.63, 3.8) is 0 Å². The second kappa shape index (κ2) is 4.59. The van der Waals surface area contributed by atoms with Crippen LogP contribution in [0.3, 0.4) is 0 Å². The smallest absolute Gasteiger partial charge is 0.268 e. The fraction of sp³-hybridized carbons (Fsp3) is 0.778. The molecule has 1 rings (SSSR count). The van der Waals surface area contributed by atoms with E-state index in [1.807, 2.05) is 6.92 Å². The molecule has 0 bridgehead atoms. The molecule has 0 aromatic heterocycles. The summed E-state index contributed by atoms with van der Waals surface area (Å²) in [6.07, 6.45) is 1.39. The van der Waals surface area contributed by atoms with Crippen molar-refractivity contribution in [2.75, 3.05) is 6.61 Å². The highest BCUT2D eigenvalue weighted by molar-refractivity contribution is 5.92. The molecule has 15 heavy (non-hydrogen) atoms. The van der Waals surface area contributed by atoms with Crippen molar-refractivity contribution in [2.45, 2.75) is 38.3 Å². The van der Waals surface area contributed by atoms with Gasteiger partial charge in [-0.15, -0.1) is 0 Å². The Morgan fingerprint density at radius 3 is 2.93 bits per heavy atom. The van der Waals surface area contributed by atoms with Gasteiger partial charge in [0.25, 0.3) is 5.91 Å². The number of hydrogen-bond acceptors (Lipinski definition) is 4. The van der Waals surface area contributed by atoms with Crippen LogP contribution in [0.15, 0.2) is 0 Å². The van der Waals surface area contributed by atoms with Gasteiger partial charge in [-0.05, 0) is 13.3 Å². The van der Waals surface area contributed by atoms with E-state index in [1.54, 1.807) is 6.92 Å². The standard InChI is InChI=1S/C9H17N3O3/c1-3-4-9(2,10)8(14)11-6-5-15-12-7(6)13/h6H,3-5,10H2,1-2H3,(H,11,14)(H,12,13)/t6-,9?/m1/s1. The third-order valence-electron chi connectivity index (χ3n) is 2.33. The SMILES string of the molecule is CCCC(C)(N)C(=O)N[C@@H]1CONC1=O. The van der Waals surface area contributed by atoms with Gasteiger partial charge in [-0.3, -0.25) is 14.4 Å². The Labute approximate surface area is 88.5 Å². The summed E-state index contributed by atoms with van der Waals surface area (Å²) in [5, 5.41) is 2.55. The summed E-state index contributed by atoms with van der Waals surface area (Å²) in [4.78, 5) is 27.5. The van der Waals surface area contributed by atoms with Crippen molar-refractivity contribution < 1.29 is 14.4 Å². The third kappa shape index (κ3) is 2.90. The highest BCUT2D eigenvalue weighted by Crippen LogP contribution is 2.09. The van der Waals surface area contributed by atoms with Crippen molar-refractivity contribution in [1.29, 1.82) is 0 Å². The fourth-order valence-corrected chi connectivity index (χ4v) is 1.41. The molecule has 6 heteroatoms. The second-order valence-electron chi connectivity index (χ2n) is 3.97. The summed E-state index contributed by atoms with van der Waals surface area (Å²) >= 11 is 0. The van der Waals surface area contributed by atoms with E-state index in [1.165, 1.54) is 0 Å². The highest BCUT2D eigenvalue weighted by Gasteiger charge is 2.33.